The fraction of sp³-hybridized carbons (Fsp3) is 0.561. The number of ketones is 1. The number of aliphatic hydroxyl groups is 1. The SMILES string of the molecule is C[C@]12CC[C@H]3[C@@]4(C=C[C@@]5(C=C4C(=O)c4ccccc4-c4ccccc4)C[C@@H](O)CC[C@]35C)[C@@H]1CC[C@@]21CN(C[C@H]2CCCO2)C(=O)O1. The van der Waals surface area contributed by atoms with Crippen molar-refractivity contribution in [1.29, 1.82) is 0 Å². The molecule has 0 radical (unpaired) electrons. The van der Waals surface area contributed by atoms with Crippen molar-refractivity contribution in [3.63, 3.8) is 0 Å². The van der Waals surface area contributed by atoms with Crippen LogP contribution in [0.1, 0.15) is 82.0 Å². The normalized spacial score (nSPS) is 43.0. The van der Waals surface area contributed by atoms with Crippen LogP contribution in [0.15, 0.2) is 78.4 Å². The van der Waals surface area contributed by atoms with Crippen molar-refractivity contribution in [2.75, 3.05) is 19.7 Å². The third kappa shape index (κ3) is 3.86. The number of fused-ring (bicyclic) bond motifs is 2. The third-order valence-electron chi connectivity index (χ3n) is 14.6. The number of hydrogen-bond acceptors (Lipinski definition) is 5. The summed E-state index contributed by atoms with van der Waals surface area (Å²) < 4.78 is 12.5. The largest absolute Gasteiger partial charge is 0.440 e. The van der Waals surface area contributed by atoms with Gasteiger partial charge in [0.2, 0.25) is 0 Å². The average Bonchev–Trinajstić information content (AvgIpc) is 3.79. The van der Waals surface area contributed by atoms with Crippen molar-refractivity contribution in [1.82, 2.24) is 4.90 Å². The molecular formula is C41H47NO5. The predicted molar refractivity (Wildman–Crippen MR) is 180 cm³/mol. The monoisotopic (exact) mass is 633 g/mol. The summed E-state index contributed by atoms with van der Waals surface area (Å²) in [6, 6.07) is 18.3. The molecule has 246 valence electrons. The minimum absolute atomic E-state index is 0.0566. The van der Waals surface area contributed by atoms with Crippen LogP contribution in [0, 0.1) is 33.5 Å². The van der Waals surface area contributed by atoms with Crippen LogP contribution >= 0.6 is 0 Å². The number of carbonyl (C=O) groups excluding carboxylic acids is 2. The second kappa shape index (κ2) is 10.1. The zero-order valence-electron chi connectivity index (χ0n) is 27.8. The van der Waals surface area contributed by atoms with Gasteiger partial charge in [-0.25, -0.2) is 4.79 Å². The summed E-state index contributed by atoms with van der Waals surface area (Å²) in [7, 11) is 0. The highest BCUT2D eigenvalue weighted by atomic mass is 16.6. The van der Waals surface area contributed by atoms with E-state index in [1.165, 1.54) is 0 Å². The van der Waals surface area contributed by atoms with Crippen LogP contribution in [0.5, 0.6) is 0 Å². The fourth-order valence-electron chi connectivity index (χ4n) is 12.3. The molecule has 2 heterocycles. The topological polar surface area (TPSA) is 76.1 Å². The quantitative estimate of drug-likeness (QED) is 0.269. The van der Waals surface area contributed by atoms with Gasteiger partial charge in [0.1, 0.15) is 5.60 Å². The number of nitrogens with zero attached hydrogens (tertiary/aromatic N) is 1. The lowest BCUT2D eigenvalue weighted by molar-refractivity contribution is -0.164. The van der Waals surface area contributed by atoms with Crippen LogP contribution in [-0.2, 0) is 9.47 Å². The Bertz CT molecular complexity index is 1690. The minimum atomic E-state index is -0.577. The summed E-state index contributed by atoms with van der Waals surface area (Å²) in [5.74, 6) is 0.532. The van der Waals surface area contributed by atoms with Crippen molar-refractivity contribution in [2.24, 2.45) is 33.5 Å². The Balaban J connectivity index is 1.17. The molecule has 6 heteroatoms. The molecular weight excluding hydrogens is 586 g/mol. The van der Waals surface area contributed by atoms with E-state index in [1.54, 1.807) is 0 Å². The smallest absolute Gasteiger partial charge is 0.410 e. The Kier molecular flexibility index (Phi) is 6.45. The first-order chi connectivity index (χ1) is 22.6. The molecule has 6 aliphatic carbocycles. The average molecular weight is 634 g/mol. The number of ether oxygens (including phenoxy) is 2. The van der Waals surface area contributed by atoms with Crippen molar-refractivity contribution in [3.8, 4) is 11.1 Å². The van der Waals surface area contributed by atoms with Gasteiger partial charge in [0.15, 0.2) is 5.78 Å². The summed E-state index contributed by atoms with van der Waals surface area (Å²) in [4.78, 5) is 30.8. The summed E-state index contributed by atoms with van der Waals surface area (Å²) in [6.45, 7) is 6.78. The number of benzene rings is 2. The van der Waals surface area contributed by atoms with Crippen molar-refractivity contribution in [3.05, 3.63) is 84.0 Å². The van der Waals surface area contributed by atoms with E-state index in [-0.39, 0.29) is 52.2 Å². The Morgan fingerprint density at radius 2 is 1.66 bits per heavy atom. The molecule has 3 saturated carbocycles. The standard InChI is InChI=1S/C41H47NO5/c1-37-17-14-28(43)23-39(37)20-21-41(32(24-39)35(44)31-13-7-6-12-30(31)27-9-4-3-5-10-27)33(37)15-18-38(2)34(41)16-19-40(38)26-42(36(45)47-40)25-29-11-8-22-46-29/h3-7,9-10,12-13,20-21,24,28-29,33-34,43H,8,11,14-19,22-23,25-26H2,1-2H3/t28-,29+,33+,34+,37+,38-,39-,40+,41-/m0/s1. The maximum atomic E-state index is 15.3. The molecule has 8 aliphatic rings. The van der Waals surface area contributed by atoms with Gasteiger partial charge >= 0.3 is 6.09 Å². The Morgan fingerprint density at radius 3 is 2.47 bits per heavy atom. The minimum Gasteiger partial charge on any atom is -0.440 e. The zero-order valence-corrected chi connectivity index (χ0v) is 27.8. The molecule has 2 saturated heterocycles. The summed E-state index contributed by atoms with van der Waals surface area (Å²) in [5, 5.41) is 11.1. The number of rotatable bonds is 5. The van der Waals surface area contributed by atoms with E-state index in [0.29, 0.717) is 19.5 Å². The van der Waals surface area contributed by atoms with Crippen molar-refractivity contribution >= 4 is 11.9 Å². The summed E-state index contributed by atoms with van der Waals surface area (Å²) in [5.41, 5.74) is 1.90. The number of Topliss-reactive ketones (excluding diaryl/α,β-unsaturated/α-hetero) is 1. The van der Waals surface area contributed by atoms with Gasteiger partial charge in [0.05, 0.1) is 25.3 Å². The Hall–Kier alpha value is -3.22. The van der Waals surface area contributed by atoms with E-state index in [4.69, 9.17) is 9.47 Å². The van der Waals surface area contributed by atoms with Crippen LogP contribution in [0.25, 0.3) is 11.1 Å². The Morgan fingerprint density at radius 1 is 0.915 bits per heavy atom. The second-order valence-electron chi connectivity index (χ2n) is 16.4. The first kappa shape index (κ1) is 29.9. The van der Waals surface area contributed by atoms with Gasteiger partial charge in [-0.2, -0.15) is 0 Å². The molecule has 0 aromatic heterocycles. The van der Waals surface area contributed by atoms with E-state index >= 15 is 4.79 Å². The number of carbonyl (C=O) groups is 2. The first-order valence-corrected chi connectivity index (χ1v) is 18.1. The highest BCUT2D eigenvalue weighted by Crippen LogP contribution is 2.79. The van der Waals surface area contributed by atoms with Crippen LogP contribution in [0.3, 0.4) is 0 Å². The molecule has 10 rings (SSSR count). The van der Waals surface area contributed by atoms with Crippen LogP contribution in [0.4, 0.5) is 4.79 Å². The predicted octanol–water partition coefficient (Wildman–Crippen LogP) is 7.77. The van der Waals surface area contributed by atoms with Crippen LogP contribution in [-0.4, -0.2) is 59.4 Å². The highest BCUT2D eigenvalue weighted by molar-refractivity contribution is 6.14. The molecule has 47 heavy (non-hydrogen) atoms. The van der Waals surface area contributed by atoms with Crippen LogP contribution in [0.2, 0.25) is 0 Å². The molecule has 1 amide bonds. The lowest BCUT2D eigenvalue weighted by atomic mass is 9.32. The van der Waals surface area contributed by atoms with Gasteiger partial charge in [0.25, 0.3) is 0 Å². The van der Waals surface area contributed by atoms with E-state index in [9.17, 15) is 9.90 Å². The van der Waals surface area contributed by atoms with Gasteiger partial charge in [0, 0.05) is 34.0 Å². The number of amides is 1. The Labute approximate surface area is 278 Å². The zero-order chi connectivity index (χ0) is 32.2. The molecule has 3 spiro atoms. The first-order valence-electron chi connectivity index (χ1n) is 18.1. The highest BCUT2D eigenvalue weighted by Gasteiger charge is 2.76. The van der Waals surface area contributed by atoms with E-state index in [2.05, 4.69) is 50.3 Å². The van der Waals surface area contributed by atoms with E-state index in [0.717, 1.165) is 80.2 Å². The third-order valence-corrected chi connectivity index (χ3v) is 14.6. The maximum Gasteiger partial charge on any atom is 0.410 e. The molecule has 1 N–H and O–H groups in total. The van der Waals surface area contributed by atoms with Gasteiger partial charge < -0.3 is 19.5 Å². The molecule has 5 fully saturated rings. The number of hydrogen-bond donors (Lipinski definition) is 1. The summed E-state index contributed by atoms with van der Waals surface area (Å²) in [6.07, 6.45) is 14.8. The van der Waals surface area contributed by atoms with Gasteiger partial charge in [-0.3, -0.25) is 4.79 Å². The van der Waals surface area contributed by atoms with Gasteiger partial charge in [-0.05, 0) is 86.2 Å². The lowest BCUT2D eigenvalue weighted by Crippen LogP contribution is -2.67. The molecule has 6 nitrogen and oxygen atoms in total. The van der Waals surface area contributed by atoms with Gasteiger partial charge in [-0.15, -0.1) is 0 Å². The molecule has 2 bridgehead atoms. The molecule has 2 aromatic carbocycles. The van der Waals surface area contributed by atoms with Crippen LogP contribution < -0.4 is 0 Å². The lowest BCUT2D eigenvalue weighted by Gasteiger charge is -2.71. The van der Waals surface area contributed by atoms with Crippen molar-refractivity contribution < 1.29 is 24.2 Å². The molecule has 2 aliphatic heterocycles. The molecule has 0 unspecified atom stereocenters. The number of allylic oxidation sites excluding steroid dienone is 4. The number of aliphatic hydroxyl groups excluding tert-OH is 1. The van der Waals surface area contributed by atoms with Gasteiger partial charge in [-0.1, -0.05) is 86.7 Å². The van der Waals surface area contributed by atoms with E-state index in [1.807, 2.05) is 41.3 Å². The maximum absolute atomic E-state index is 15.3. The molecule has 2 aromatic rings. The molecule has 9 atom stereocenters. The summed E-state index contributed by atoms with van der Waals surface area (Å²) >= 11 is 0. The fourth-order valence-corrected chi connectivity index (χ4v) is 12.3. The van der Waals surface area contributed by atoms with Crippen molar-refractivity contribution in [2.45, 2.75) is 89.4 Å². The van der Waals surface area contributed by atoms with E-state index < -0.39 is 11.0 Å². The second-order valence-corrected chi connectivity index (χ2v) is 16.4.